The van der Waals surface area contributed by atoms with E-state index in [1.807, 2.05) is 78.8 Å². The second kappa shape index (κ2) is 11.0. The zero-order valence-corrected chi connectivity index (χ0v) is 21.4. The van der Waals surface area contributed by atoms with Gasteiger partial charge in [-0.2, -0.15) is 0 Å². The molecule has 7 heteroatoms. The summed E-state index contributed by atoms with van der Waals surface area (Å²) in [7, 11) is 0. The lowest BCUT2D eigenvalue weighted by Gasteiger charge is -2.37. The van der Waals surface area contributed by atoms with Gasteiger partial charge in [-0.3, -0.25) is 4.79 Å². The lowest BCUT2D eigenvalue weighted by molar-refractivity contribution is -0.141. The Morgan fingerprint density at radius 2 is 1.80 bits per heavy atom. The lowest BCUT2D eigenvalue weighted by Crippen LogP contribution is -2.38. The highest BCUT2D eigenvalue weighted by molar-refractivity contribution is 8.16. The summed E-state index contributed by atoms with van der Waals surface area (Å²) >= 11 is 1.48. The fraction of sp³-hybridized carbons (Fsp3) is 0.321. The van der Waals surface area contributed by atoms with Crippen LogP contribution in [0, 0.1) is 12.8 Å². The monoisotopic (exact) mass is 489 g/mol. The minimum absolute atomic E-state index is 0.0465. The van der Waals surface area contributed by atoms with Gasteiger partial charge in [-0.05, 0) is 41.9 Å². The maximum Gasteiger partial charge on any atom is 0.338 e. The third-order valence-electron chi connectivity index (χ3n) is 5.97. The summed E-state index contributed by atoms with van der Waals surface area (Å²) in [5.74, 6) is -0.0768. The number of fused-ring (bicyclic) bond motifs is 1. The van der Waals surface area contributed by atoms with Gasteiger partial charge in [0.15, 0.2) is 5.17 Å². The molecule has 6 nitrogen and oxygen atoms in total. The molecule has 1 N–H and O–H groups in total. The number of nitrogens with one attached hydrogen (secondary N) is 1. The van der Waals surface area contributed by atoms with E-state index in [9.17, 15) is 9.59 Å². The summed E-state index contributed by atoms with van der Waals surface area (Å²) in [5.41, 5.74) is 4.92. The van der Waals surface area contributed by atoms with Crippen molar-refractivity contribution in [2.24, 2.45) is 10.9 Å². The first-order valence-electron chi connectivity index (χ1n) is 11.8. The summed E-state index contributed by atoms with van der Waals surface area (Å²) in [6.45, 7) is 8.82. The summed E-state index contributed by atoms with van der Waals surface area (Å²) in [5, 5.41) is 5.72. The molecule has 1 amide bonds. The number of hydrogen-bond acceptors (Lipinski definition) is 6. The van der Waals surface area contributed by atoms with Crippen LogP contribution in [0.4, 0.5) is 0 Å². The molecule has 0 saturated carbocycles. The van der Waals surface area contributed by atoms with Crippen molar-refractivity contribution < 1.29 is 14.3 Å². The topological polar surface area (TPSA) is 71.0 Å². The molecule has 0 saturated heterocycles. The Balaban J connectivity index is 1.66. The molecule has 0 bridgehead atoms. The Morgan fingerprint density at radius 1 is 1.09 bits per heavy atom. The van der Waals surface area contributed by atoms with E-state index in [0.717, 1.165) is 27.6 Å². The van der Waals surface area contributed by atoms with E-state index in [0.29, 0.717) is 23.7 Å². The fourth-order valence-corrected chi connectivity index (χ4v) is 5.13. The molecule has 35 heavy (non-hydrogen) atoms. The first-order chi connectivity index (χ1) is 16.8. The summed E-state index contributed by atoms with van der Waals surface area (Å²) in [6.07, 6.45) is 0.215. The van der Waals surface area contributed by atoms with Crippen molar-refractivity contribution in [3.8, 4) is 0 Å². The van der Waals surface area contributed by atoms with Crippen molar-refractivity contribution in [2.45, 2.75) is 46.8 Å². The van der Waals surface area contributed by atoms with Gasteiger partial charge in [0.1, 0.15) is 6.61 Å². The second-order valence-corrected chi connectivity index (χ2v) is 10.0. The fourth-order valence-electron chi connectivity index (χ4n) is 4.16. The van der Waals surface area contributed by atoms with Crippen LogP contribution < -0.4 is 5.32 Å². The molecule has 182 valence electrons. The zero-order chi connectivity index (χ0) is 24.9. The van der Waals surface area contributed by atoms with Crippen molar-refractivity contribution in [3.63, 3.8) is 0 Å². The van der Waals surface area contributed by atoms with Crippen LogP contribution in [-0.4, -0.2) is 28.5 Å². The van der Waals surface area contributed by atoms with Crippen molar-refractivity contribution >= 4 is 28.8 Å². The van der Waals surface area contributed by atoms with Gasteiger partial charge in [0.2, 0.25) is 5.91 Å². The van der Waals surface area contributed by atoms with E-state index in [2.05, 4.69) is 19.2 Å². The first-order valence-corrected chi connectivity index (χ1v) is 12.7. The minimum Gasteiger partial charge on any atom is -0.457 e. The number of amidine groups is 1. The Kier molecular flexibility index (Phi) is 7.76. The molecule has 2 heterocycles. The highest BCUT2D eigenvalue weighted by Crippen LogP contribution is 2.45. The third-order valence-corrected chi connectivity index (χ3v) is 6.85. The number of allylic oxidation sites excluding steroid dienone is 1. The van der Waals surface area contributed by atoms with Gasteiger partial charge < -0.3 is 15.0 Å². The third kappa shape index (κ3) is 5.68. The van der Waals surface area contributed by atoms with Crippen LogP contribution in [0.2, 0.25) is 0 Å². The molecule has 0 radical (unpaired) electrons. The lowest BCUT2D eigenvalue weighted by atomic mass is 9.91. The van der Waals surface area contributed by atoms with E-state index in [4.69, 9.17) is 9.73 Å². The number of thioether (sulfide) groups is 1. The predicted molar refractivity (Wildman–Crippen MR) is 140 cm³/mol. The number of carbonyl (C=O) groups excluding carboxylic acids is 2. The molecule has 0 aromatic heterocycles. The number of amides is 1. The SMILES string of the molecule is CC1=C(C(=O)OCc2ccccc2)C(c2ccccc2C)N2C(CC(=O)NCC(C)C)=CSC2=N1. The smallest absolute Gasteiger partial charge is 0.338 e. The van der Waals surface area contributed by atoms with Gasteiger partial charge in [-0.25, -0.2) is 9.79 Å². The highest BCUT2D eigenvalue weighted by Gasteiger charge is 2.41. The molecule has 1 atom stereocenters. The van der Waals surface area contributed by atoms with Gasteiger partial charge >= 0.3 is 5.97 Å². The Bertz CT molecular complexity index is 1200. The van der Waals surface area contributed by atoms with E-state index >= 15 is 0 Å². The molecule has 0 spiro atoms. The minimum atomic E-state index is -0.425. The molecule has 2 aliphatic heterocycles. The van der Waals surface area contributed by atoms with E-state index in [1.54, 1.807) is 0 Å². The van der Waals surface area contributed by atoms with E-state index in [-0.39, 0.29) is 18.9 Å². The number of aryl methyl sites for hydroxylation is 1. The van der Waals surface area contributed by atoms with Crippen LogP contribution in [0.3, 0.4) is 0 Å². The Morgan fingerprint density at radius 3 is 2.51 bits per heavy atom. The van der Waals surface area contributed by atoms with Crippen molar-refractivity contribution in [1.82, 2.24) is 10.2 Å². The number of hydrogen-bond donors (Lipinski definition) is 1. The van der Waals surface area contributed by atoms with Crippen LogP contribution in [0.5, 0.6) is 0 Å². The van der Waals surface area contributed by atoms with Crippen LogP contribution in [0.25, 0.3) is 0 Å². The second-order valence-electron chi connectivity index (χ2n) is 9.19. The van der Waals surface area contributed by atoms with Gasteiger partial charge in [-0.15, -0.1) is 0 Å². The van der Waals surface area contributed by atoms with Gasteiger partial charge in [0.05, 0.1) is 23.7 Å². The molecule has 0 fully saturated rings. The average molecular weight is 490 g/mol. The summed E-state index contributed by atoms with van der Waals surface area (Å²) < 4.78 is 5.76. The summed E-state index contributed by atoms with van der Waals surface area (Å²) in [4.78, 5) is 32.9. The normalized spacial score (nSPS) is 17.2. The summed E-state index contributed by atoms with van der Waals surface area (Å²) in [6, 6.07) is 17.2. The molecule has 1 unspecified atom stereocenters. The zero-order valence-electron chi connectivity index (χ0n) is 20.6. The Hall–Kier alpha value is -3.32. The van der Waals surface area contributed by atoms with Crippen molar-refractivity contribution in [2.75, 3.05) is 6.54 Å². The van der Waals surface area contributed by atoms with Gasteiger partial charge in [-0.1, -0.05) is 80.2 Å². The largest absolute Gasteiger partial charge is 0.457 e. The van der Waals surface area contributed by atoms with Gasteiger partial charge in [0.25, 0.3) is 0 Å². The van der Waals surface area contributed by atoms with E-state index in [1.165, 1.54) is 11.8 Å². The maximum atomic E-state index is 13.5. The van der Waals surface area contributed by atoms with Crippen LogP contribution in [-0.2, 0) is 20.9 Å². The Labute approximate surface area is 211 Å². The molecule has 4 rings (SSSR count). The molecular weight excluding hydrogens is 458 g/mol. The number of nitrogens with zero attached hydrogens (tertiary/aromatic N) is 2. The number of esters is 1. The number of benzene rings is 2. The van der Waals surface area contributed by atoms with Crippen LogP contribution >= 0.6 is 11.8 Å². The van der Waals surface area contributed by atoms with Crippen LogP contribution in [0.1, 0.15) is 49.9 Å². The molecule has 2 aliphatic rings. The highest BCUT2D eigenvalue weighted by atomic mass is 32.2. The maximum absolute atomic E-state index is 13.5. The van der Waals surface area contributed by atoms with Gasteiger partial charge in [0, 0.05) is 12.2 Å². The molecule has 2 aromatic carbocycles. The van der Waals surface area contributed by atoms with E-state index < -0.39 is 12.0 Å². The predicted octanol–water partition coefficient (Wildman–Crippen LogP) is 5.48. The van der Waals surface area contributed by atoms with Crippen LogP contribution in [0.15, 0.2) is 82.0 Å². The number of rotatable bonds is 8. The van der Waals surface area contributed by atoms with Crippen molar-refractivity contribution in [3.05, 3.63) is 93.7 Å². The first kappa shape index (κ1) is 24.8. The number of ether oxygens (including phenoxy) is 1. The molecular formula is C28H31N3O3S. The standard InChI is InChI=1S/C28H31N3O3S/c1-18(2)15-29-24(32)14-22-17-35-28-30-20(4)25(27(33)34-16-21-11-6-5-7-12-21)26(31(22)28)23-13-9-8-10-19(23)3/h5-13,17-18,26H,14-16H2,1-4H3,(H,29,32). The molecule has 0 aliphatic carbocycles. The number of aliphatic imine (C=N–C) groups is 1. The van der Waals surface area contributed by atoms with Crippen molar-refractivity contribution in [1.29, 1.82) is 0 Å². The average Bonchev–Trinajstić information content (AvgIpc) is 3.23. The number of carbonyl (C=O) groups is 2. The molecule has 2 aromatic rings. The quantitative estimate of drug-likeness (QED) is 0.498.